The number of guanidine groups is 1. The van der Waals surface area contributed by atoms with Gasteiger partial charge in [0.15, 0.2) is 11.5 Å². The highest BCUT2D eigenvalue weighted by atomic mass is 19.1. The number of likely N-dealkylation sites (tertiary alicyclic amines) is 1. The van der Waals surface area contributed by atoms with Crippen molar-refractivity contribution in [2.75, 3.05) is 13.1 Å². The van der Waals surface area contributed by atoms with E-state index < -0.39 is 17.7 Å². The molecule has 2 aromatic carbocycles. The van der Waals surface area contributed by atoms with E-state index in [0.29, 0.717) is 11.1 Å². The highest BCUT2D eigenvalue weighted by Gasteiger charge is 2.28. The van der Waals surface area contributed by atoms with E-state index in [4.69, 9.17) is 10.3 Å². The van der Waals surface area contributed by atoms with Gasteiger partial charge < -0.3 is 20.3 Å². The molecule has 1 unspecified atom stereocenters. The van der Waals surface area contributed by atoms with Crippen LogP contribution in [0.25, 0.3) is 11.1 Å². The summed E-state index contributed by atoms with van der Waals surface area (Å²) in [5.41, 5.74) is 7.92. The standard InChI is InChI=1S/C24H25FN4O3/c1-15(17-10-11-18(19(25)14-17)16-8-4-2-5-9-16)21-20(23(30)31)22(32-28-21)27-24(26)29-12-6-3-7-13-29/h2,4-5,8-11,14-15H,3,6-7,12-13H2,1H3,(H2,26,27)(H,30,31). The average Bonchev–Trinajstić information content (AvgIpc) is 3.23. The number of halogens is 1. The molecule has 1 aliphatic rings. The molecule has 1 saturated heterocycles. The molecule has 1 fully saturated rings. The number of rotatable bonds is 5. The first-order valence-corrected chi connectivity index (χ1v) is 10.6. The summed E-state index contributed by atoms with van der Waals surface area (Å²) < 4.78 is 20.1. The second-order valence-electron chi connectivity index (χ2n) is 7.90. The fourth-order valence-electron chi connectivity index (χ4n) is 3.97. The van der Waals surface area contributed by atoms with Crippen LogP contribution in [0.4, 0.5) is 10.3 Å². The van der Waals surface area contributed by atoms with Crippen LogP contribution in [0.1, 0.15) is 53.7 Å². The van der Waals surface area contributed by atoms with Crippen LogP contribution in [0.3, 0.4) is 0 Å². The molecule has 32 heavy (non-hydrogen) atoms. The van der Waals surface area contributed by atoms with Crippen LogP contribution >= 0.6 is 0 Å². The Balaban J connectivity index is 1.65. The molecule has 8 heteroatoms. The molecular weight excluding hydrogens is 411 g/mol. The van der Waals surface area contributed by atoms with E-state index >= 15 is 0 Å². The third kappa shape index (κ3) is 4.34. The third-order valence-corrected chi connectivity index (χ3v) is 5.80. The van der Waals surface area contributed by atoms with Crippen LogP contribution in [-0.4, -0.2) is 40.2 Å². The predicted molar refractivity (Wildman–Crippen MR) is 120 cm³/mol. The van der Waals surface area contributed by atoms with Crippen molar-refractivity contribution in [3.63, 3.8) is 0 Å². The molecular formula is C24H25FN4O3. The van der Waals surface area contributed by atoms with Gasteiger partial charge in [-0.1, -0.05) is 54.5 Å². The molecule has 7 nitrogen and oxygen atoms in total. The van der Waals surface area contributed by atoms with E-state index in [-0.39, 0.29) is 23.1 Å². The number of hydrogen-bond acceptors (Lipinski definition) is 4. The zero-order valence-corrected chi connectivity index (χ0v) is 17.8. The van der Waals surface area contributed by atoms with Crippen molar-refractivity contribution in [2.45, 2.75) is 32.1 Å². The molecule has 1 atom stereocenters. The summed E-state index contributed by atoms with van der Waals surface area (Å²) in [6.07, 6.45) is 3.14. The Kier molecular flexibility index (Phi) is 6.20. The molecule has 3 N–H and O–H groups in total. The maximum absolute atomic E-state index is 14.9. The second-order valence-corrected chi connectivity index (χ2v) is 7.90. The van der Waals surface area contributed by atoms with Crippen molar-refractivity contribution in [3.8, 4) is 11.1 Å². The van der Waals surface area contributed by atoms with E-state index in [1.165, 1.54) is 6.07 Å². The van der Waals surface area contributed by atoms with Crippen molar-refractivity contribution in [3.05, 3.63) is 71.2 Å². The molecule has 0 bridgehead atoms. The normalized spacial score (nSPS) is 15.6. The van der Waals surface area contributed by atoms with Crippen LogP contribution in [0.5, 0.6) is 0 Å². The van der Waals surface area contributed by atoms with Crippen molar-refractivity contribution < 1.29 is 18.8 Å². The highest BCUT2D eigenvalue weighted by molar-refractivity contribution is 5.95. The van der Waals surface area contributed by atoms with Gasteiger partial charge in [-0.3, -0.25) is 0 Å². The number of carboxylic acids is 1. The van der Waals surface area contributed by atoms with E-state index in [1.54, 1.807) is 19.1 Å². The van der Waals surface area contributed by atoms with Gasteiger partial charge in [0.25, 0.3) is 5.88 Å². The topological polar surface area (TPSA) is 105 Å². The molecule has 3 aromatic rings. The summed E-state index contributed by atoms with van der Waals surface area (Å²) in [6.45, 7) is 3.28. The third-order valence-electron chi connectivity index (χ3n) is 5.80. The Morgan fingerprint density at radius 1 is 1.19 bits per heavy atom. The molecule has 1 aromatic heterocycles. The SMILES string of the molecule is CC(c1ccc(-c2ccccc2)c(F)c1)c1noc(/N=C(\N)N2CCCCC2)c1C(=O)O. The number of nitrogens with two attached hydrogens (primary N) is 1. The lowest BCUT2D eigenvalue weighted by Crippen LogP contribution is -2.40. The number of carbonyl (C=O) groups is 1. The number of hydrogen-bond donors (Lipinski definition) is 2. The minimum atomic E-state index is -1.22. The molecule has 2 heterocycles. The first kappa shape index (κ1) is 21.5. The van der Waals surface area contributed by atoms with Crippen molar-refractivity contribution >= 4 is 17.8 Å². The van der Waals surface area contributed by atoms with E-state index in [2.05, 4.69) is 10.1 Å². The van der Waals surface area contributed by atoms with Crippen LogP contribution in [0.2, 0.25) is 0 Å². The Hall–Kier alpha value is -3.68. The molecule has 0 amide bonds. The van der Waals surface area contributed by atoms with Crippen LogP contribution < -0.4 is 5.73 Å². The molecule has 166 valence electrons. The smallest absolute Gasteiger partial charge is 0.343 e. The molecule has 1 aliphatic heterocycles. The Bertz CT molecular complexity index is 1140. The molecule has 0 saturated carbocycles. The van der Waals surface area contributed by atoms with E-state index in [9.17, 15) is 14.3 Å². The molecule has 4 rings (SSSR count). The summed E-state index contributed by atoms with van der Waals surface area (Å²) >= 11 is 0. The van der Waals surface area contributed by atoms with Crippen LogP contribution in [0, 0.1) is 5.82 Å². The second kappa shape index (κ2) is 9.21. The van der Waals surface area contributed by atoms with Crippen molar-refractivity contribution in [1.29, 1.82) is 0 Å². The molecule has 0 aliphatic carbocycles. The molecule has 0 spiro atoms. The van der Waals surface area contributed by atoms with Gasteiger partial charge in [-0.15, -0.1) is 0 Å². The van der Waals surface area contributed by atoms with E-state index in [0.717, 1.165) is 37.9 Å². The number of piperidine rings is 1. The number of benzene rings is 2. The lowest BCUT2D eigenvalue weighted by Gasteiger charge is -2.27. The Morgan fingerprint density at radius 3 is 2.56 bits per heavy atom. The van der Waals surface area contributed by atoms with Crippen LogP contribution in [0.15, 0.2) is 58.0 Å². The lowest BCUT2D eigenvalue weighted by molar-refractivity contribution is 0.0696. The first-order valence-electron chi connectivity index (χ1n) is 10.6. The Morgan fingerprint density at radius 2 is 1.91 bits per heavy atom. The largest absolute Gasteiger partial charge is 0.477 e. The highest BCUT2D eigenvalue weighted by Crippen LogP contribution is 2.34. The van der Waals surface area contributed by atoms with Gasteiger partial charge >= 0.3 is 5.97 Å². The minimum Gasteiger partial charge on any atom is -0.477 e. The summed E-state index contributed by atoms with van der Waals surface area (Å²) in [5, 5.41) is 13.8. The number of aromatic nitrogens is 1. The van der Waals surface area contributed by atoms with Gasteiger partial charge in [0.05, 0.1) is 0 Å². The fourth-order valence-corrected chi connectivity index (χ4v) is 3.97. The lowest BCUT2D eigenvalue weighted by atomic mass is 9.93. The van der Waals surface area contributed by atoms with Gasteiger partial charge in [0, 0.05) is 24.6 Å². The van der Waals surface area contributed by atoms with Crippen molar-refractivity contribution in [1.82, 2.24) is 10.1 Å². The van der Waals surface area contributed by atoms with Crippen molar-refractivity contribution in [2.24, 2.45) is 10.7 Å². The van der Waals surface area contributed by atoms with Gasteiger partial charge in [0.1, 0.15) is 11.5 Å². The quantitative estimate of drug-likeness (QED) is 0.441. The minimum absolute atomic E-state index is 0.149. The first-order chi connectivity index (χ1) is 15.5. The summed E-state index contributed by atoms with van der Waals surface area (Å²) in [5.74, 6) is -2.08. The zero-order chi connectivity index (χ0) is 22.7. The number of aromatic carboxylic acids is 1. The number of aliphatic imine (C=N–C) groups is 1. The predicted octanol–water partition coefficient (Wildman–Crippen LogP) is 4.76. The zero-order valence-electron chi connectivity index (χ0n) is 17.8. The summed E-state index contributed by atoms with van der Waals surface area (Å²) in [4.78, 5) is 18.1. The van der Waals surface area contributed by atoms with E-state index in [1.807, 2.05) is 35.2 Å². The summed E-state index contributed by atoms with van der Waals surface area (Å²) in [7, 11) is 0. The van der Waals surface area contributed by atoms with Gasteiger partial charge in [-0.2, -0.15) is 4.99 Å². The van der Waals surface area contributed by atoms with Gasteiger partial charge in [-0.05, 0) is 36.5 Å². The number of carboxylic acid groups (broad SMARTS) is 1. The summed E-state index contributed by atoms with van der Waals surface area (Å²) in [6, 6.07) is 14.1. The average molecular weight is 436 g/mol. The maximum Gasteiger partial charge on any atom is 0.343 e. The maximum atomic E-state index is 14.9. The Labute approximate surface area is 185 Å². The van der Waals surface area contributed by atoms with Gasteiger partial charge in [0.2, 0.25) is 0 Å². The fraction of sp³-hybridized carbons (Fsp3) is 0.292. The van der Waals surface area contributed by atoms with Crippen LogP contribution in [-0.2, 0) is 0 Å². The monoisotopic (exact) mass is 436 g/mol. The molecule has 0 radical (unpaired) electrons. The number of nitrogens with zero attached hydrogens (tertiary/aromatic N) is 3. The van der Waals surface area contributed by atoms with Gasteiger partial charge in [-0.25, -0.2) is 9.18 Å².